The number of nitro groups is 1. The number of rotatable bonds is 5. The third-order valence-corrected chi connectivity index (χ3v) is 4.41. The molecular formula is C18H20N2O4. The van der Waals surface area contributed by atoms with E-state index in [9.17, 15) is 10.1 Å². The summed E-state index contributed by atoms with van der Waals surface area (Å²) in [7, 11) is 3.17. The number of hydrogen-bond acceptors (Lipinski definition) is 5. The van der Waals surface area contributed by atoms with Crippen LogP contribution in [0.3, 0.4) is 0 Å². The van der Waals surface area contributed by atoms with Gasteiger partial charge in [-0.25, -0.2) is 0 Å². The average Bonchev–Trinajstić information content (AvgIpc) is 2.61. The minimum absolute atomic E-state index is 0.155. The smallest absolute Gasteiger partial charge is 0.228 e. The number of ether oxygens (including phenoxy) is 2. The van der Waals surface area contributed by atoms with E-state index in [2.05, 4.69) is 4.90 Å². The van der Waals surface area contributed by atoms with Crippen LogP contribution in [0.1, 0.15) is 17.2 Å². The maximum atomic E-state index is 11.3. The van der Waals surface area contributed by atoms with Crippen molar-refractivity contribution in [2.45, 2.75) is 12.5 Å². The van der Waals surface area contributed by atoms with Crippen molar-refractivity contribution in [1.82, 2.24) is 0 Å². The molecule has 0 aromatic heterocycles. The number of fused-ring (bicyclic) bond motifs is 1. The molecule has 0 amide bonds. The summed E-state index contributed by atoms with van der Waals surface area (Å²) in [5.41, 5.74) is 3.00. The van der Waals surface area contributed by atoms with Crippen LogP contribution in [0.5, 0.6) is 11.5 Å². The predicted molar refractivity (Wildman–Crippen MR) is 91.6 cm³/mol. The molecule has 126 valence electrons. The second-order valence-corrected chi connectivity index (χ2v) is 5.72. The molecule has 3 rings (SSSR count). The summed E-state index contributed by atoms with van der Waals surface area (Å²) < 4.78 is 10.7. The Hall–Kier alpha value is -2.76. The quantitative estimate of drug-likeness (QED) is 0.623. The normalized spacial score (nSPS) is 16.4. The number of benzene rings is 2. The van der Waals surface area contributed by atoms with E-state index in [0.29, 0.717) is 11.5 Å². The number of methoxy groups -OCH3 is 2. The van der Waals surface area contributed by atoms with E-state index in [1.807, 2.05) is 42.5 Å². The molecule has 0 N–H and O–H groups in total. The minimum atomic E-state index is -0.328. The molecular weight excluding hydrogens is 308 g/mol. The van der Waals surface area contributed by atoms with Crippen molar-refractivity contribution in [3.8, 4) is 11.5 Å². The fraction of sp³-hybridized carbons (Fsp3) is 0.333. The summed E-state index contributed by atoms with van der Waals surface area (Å²) in [5, 5.41) is 11.3. The van der Waals surface area contributed by atoms with Crippen LogP contribution in [0.15, 0.2) is 42.5 Å². The second-order valence-electron chi connectivity index (χ2n) is 5.72. The SMILES string of the molecule is COc1cc2c(cc1OC)C(C[N+](=O)[O-])N(c1ccccc1)CC2. The van der Waals surface area contributed by atoms with Gasteiger partial charge in [0.25, 0.3) is 0 Å². The molecule has 1 aliphatic heterocycles. The first-order valence-corrected chi connectivity index (χ1v) is 7.82. The maximum absolute atomic E-state index is 11.3. The Balaban J connectivity index is 2.07. The van der Waals surface area contributed by atoms with Gasteiger partial charge in [0.2, 0.25) is 6.54 Å². The average molecular weight is 328 g/mol. The molecule has 0 saturated heterocycles. The molecule has 6 heteroatoms. The van der Waals surface area contributed by atoms with Crippen LogP contribution in [0, 0.1) is 10.1 Å². The van der Waals surface area contributed by atoms with Gasteiger partial charge < -0.3 is 14.4 Å². The molecule has 6 nitrogen and oxygen atoms in total. The van der Waals surface area contributed by atoms with E-state index in [1.165, 1.54) is 0 Å². The van der Waals surface area contributed by atoms with Gasteiger partial charge in [-0.3, -0.25) is 10.1 Å². The van der Waals surface area contributed by atoms with E-state index < -0.39 is 0 Å². The van der Waals surface area contributed by atoms with E-state index in [1.54, 1.807) is 14.2 Å². The van der Waals surface area contributed by atoms with Gasteiger partial charge in [0, 0.05) is 17.2 Å². The van der Waals surface area contributed by atoms with Gasteiger partial charge in [-0.1, -0.05) is 18.2 Å². The third-order valence-electron chi connectivity index (χ3n) is 4.41. The topological polar surface area (TPSA) is 64.8 Å². The first kappa shape index (κ1) is 16.1. The van der Waals surface area contributed by atoms with Crippen molar-refractivity contribution < 1.29 is 14.4 Å². The molecule has 0 aliphatic carbocycles. The number of para-hydroxylation sites is 1. The first-order valence-electron chi connectivity index (χ1n) is 7.82. The molecule has 1 atom stereocenters. The van der Waals surface area contributed by atoms with Crippen LogP contribution >= 0.6 is 0 Å². The van der Waals surface area contributed by atoms with Crippen LogP contribution in [-0.2, 0) is 6.42 Å². The van der Waals surface area contributed by atoms with Crippen LogP contribution in [0.25, 0.3) is 0 Å². The Kier molecular flexibility index (Phi) is 4.55. The van der Waals surface area contributed by atoms with E-state index in [4.69, 9.17) is 9.47 Å². The lowest BCUT2D eigenvalue weighted by molar-refractivity contribution is -0.483. The van der Waals surface area contributed by atoms with E-state index in [0.717, 1.165) is 29.8 Å². The number of hydrogen-bond donors (Lipinski definition) is 0. The van der Waals surface area contributed by atoms with Gasteiger partial charge >= 0.3 is 0 Å². The van der Waals surface area contributed by atoms with E-state index >= 15 is 0 Å². The lowest BCUT2D eigenvalue weighted by Crippen LogP contribution is -2.39. The fourth-order valence-electron chi connectivity index (χ4n) is 3.29. The zero-order chi connectivity index (χ0) is 17.1. The van der Waals surface area contributed by atoms with Gasteiger partial charge in [-0.05, 0) is 41.8 Å². The monoisotopic (exact) mass is 328 g/mol. The number of anilines is 1. The lowest BCUT2D eigenvalue weighted by atomic mass is 9.91. The van der Waals surface area contributed by atoms with Crippen molar-refractivity contribution in [3.05, 3.63) is 63.7 Å². The van der Waals surface area contributed by atoms with Crippen LogP contribution in [0.4, 0.5) is 5.69 Å². The van der Waals surface area contributed by atoms with Crippen LogP contribution in [-0.4, -0.2) is 32.2 Å². The Morgan fingerprint density at radius 3 is 2.46 bits per heavy atom. The highest BCUT2D eigenvalue weighted by molar-refractivity contribution is 5.56. The zero-order valence-corrected chi connectivity index (χ0v) is 13.8. The van der Waals surface area contributed by atoms with E-state index in [-0.39, 0.29) is 17.5 Å². The van der Waals surface area contributed by atoms with Crippen molar-refractivity contribution >= 4 is 5.69 Å². The second kappa shape index (κ2) is 6.78. The highest BCUT2D eigenvalue weighted by Crippen LogP contribution is 2.39. The lowest BCUT2D eigenvalue weighted by Gasteiger charge is -2.37. The highest BCUT2D eigenvalue weighted by Gasteiger charge is 2.32. The van der Waals surface area contributed by atoms with Gasteiger partial charge in [0.1, 0.15) is 6.04 Å². The summed E-state index contributed by atoms with van der Waals surface area (Å²) in [6.45, 7) is 0.572. The molecule has 0 radical (unpaired) electrons. The Morgan fingerprint density at radius 1 is 1.17 bits per heavy atom. The summed E-state index contributed by atoms with van der Waals surface area (Å²) >= 11 is 0. The van der Waals surface area contributed by atoms with Crippen molar-refractivity contribution in [3.63, 3.8) is 0 Å². The van der Waals surface area contributed by atoms with Gasteiger partial charge in [0.15, 0.2) is 11.5 Å². The fourth-order valence-corrected chi connectivity index (χ4v) is 3.29. The third kappa shape index (κ3) is 2.99. The molecule has 1 aliphatic rings. The summed E-state index contributed by atoms with van der Waals surface area (Å²) in [4.78, 5) is 13.1. The van der Waals surface area contributed by atoms with Crippen LogP contribution < -0.4 is 14.4 Å². The molecule has 1 heterocycles. The van der Waals surface area contributed by atoms with Crippen molar-refractivity contribution in [2.24, 2.45) is 0 Å². The van der Waals surface area contributed by atoms with Gasteiger partial charge in [-0.15, -0.1) is 0 Å². The zero-order valence-electron chi connectivity index (χ0n) is 13.8. The molecule has 0 bridgehead atoms. The Bertz CT molecular complexity index is 733. The molecule has 0 fully saturated rings. The summed E-state index contributed by atoms with van der Waals surface area (Å²) in [6.07, 6.45) is 0.804. The first-order chi connectivity index (χ1) is 11.6. The maximum Gasteiger partial charge on any atom is 0.228 e. The molecule has 0 saturated carbocycles. The Morgan fingerprint density at radius 2 is 1.83 bits per heavy atom. The Labute approximate surface area is 140 Å². The highest BCUT2D eigenvalue weighted by atomic mass is 16.6. The largest absolute Gasteiger partial charge is 0.493 e. The standard InChI is InChI=1S/C18H20N2O4/c1-23-17-10-13-8-9-19(14-6-4-3-5-7-14)16(12-20(21)22)15(13)11-18(17)24-2/h3-7,10-11,16H,8-9,12H2,1-2H3. The van der Waals surface area contributed by atoms with Crippen LogP contribution in [0.2, 0.25) is 0 Å². The van der Waals surface area contributed by atoms with Crippen molar-refractivity contribution in [1.29, 1.82) is 0 Å². The molecule has 1 unspecified atom stereocenters. The van der Waals surface area contributed by atoms with Gasteiger partial charge in [0.05, 0.1) is 14.2 Å². The number of nitrogens with zero attached hydrogens (tertiary/aromatic N) is 2. The molecule has 24 heavy (non-hydrogen) atoms. The van der Waals surface area contributed by atoms with Gasteiger partial charge in [-0.2, -0.15) is 0 Å². The predicted octanol–water partition coefficient (Wildman–Crippen LogP) is 3.08. The molecule has 2 aromatic carbocycles. The molecule has 0 spiro atoms. The summed E-state index contributed by atoms with van der Waals surface area (Å²) in [6, 6.07) is 13.3. The minimum Gasteiger partial charge on any atom is -0.493 e. The summed E-state index contributed by atoms with van der Waals surface area (Å²) in [5.74, 6) is 1.25. The van der Waals surface area contributed by atoms with Crippen molar-refractivity contribution in [2.75, 3.05) is 32.2 Å². The molecule has 2 aromatic rings.